The van der Waals surface area contributed by atoms with Gasteiger partial charge in [0.1, 0.15) is 0 Å². The van der Waals surface area contributed by atoms with Crippen LogP contribution in [0.2, 0.25) is 0 Å². The quantitative estimate of drug-likeness (QED) is 0.873. The average molecular weight is 295 g/mol. The van der Waals surface area contributed by atoms with Crippen LogP contribution in [0.3, 0.4) is 0 Å². The Balaban J connectivity index is 2.18. The van der Waals surface area contributed by atoms with Gasteiger partial charge in [-0.3, -0.25) is 9.59 Å². The highest BCUT2D eigenvalue weighted by Crippen LogP contribution is 2.30. The van der Waals surface area contributed by atoms with E-state index in [1.165, 1.54) is 24.1 Å². The first-order chi connectivity index (χ1) is 9.93. The van der Waals surface area contributed by atoms with Crippen LogP contribution in [0.4, 0.5) is 4.39 Å². The number of nitrogens with zero attached hydrogens (tertiary/aromatic N) is 1. The maximum absolute atomic E-state index is 13.7. The van der Waals surface area contributed by atoms with E-state index in [2.05, 4.69) is 0 Å². The minimum Gasteiger partial charge on any atom is -0.494 e. The molecule has 0 saturated heterocycles. The predicted octanol–water partition coefficient (Wildman–Crippen LogP) is 2.16. The number of methoxy groups -OCH3 is 1. The first-order valence-corrected chi connectivity index (χ1v) is 6.81. The van der Waals surface area contributed by atoms with Crippen LogP contribution in [0.1, 0.15) is 30.1 Å². The second-order valence-corrected chi connectivity index (χ2v) is 5.28. The molecule has 0 spiro atoms. The third-order valence-electron chi connectivity index (χ3n) is 3.54. The number of carbonyl (C=O) groups excluding carboxylic acids is 1. The molecule has 1 saturated carbocycles. The van der Waals surface area contributed by atoms with Crippen LogP contribution in [0.5, 0.6) is 5.75 Å². The molecule has 1 aromatic rings. The highest BCUT2D eigenvalue weighted by molar-refractivity contribution is 5.95. The van der Waals surface area contributed by atoms with E-state index >= 15 is 0 Å². The fourth-order valence-electron chi connectivity index (χ4n) is 2.12. The molecule has 1 aromatic carbocycles. The van der Waals surface area contributed by atoms with Crippen LogP contribution in [-0.2, 0) is 4.79 Å². The maximum atomic E-state index is 13.7. The van der Waals surface area contributed by atoms with Gasteiger partial charge in [-0.1, -0.05) is 6.92 Å². The Morgan fingerprint density at radius 3 is 2.62 bits per heavy atom. The number of amides is 1. The van der Waals surface area contributed by atoms with Gasteiger partial charge in [-0.25, -0.2) is 4.39 Å². The zero-order valence-corrected chi connectivity index (χ0v) is 12.0. The number of benzene rings is 1. The molecule has 5 nitrogen and oxygen atoms in total. The van der Waals surface area contributed by atoms with Gasteiger partial charge in [-0.05, 0) is 31.0 Å². The molecule has 0 heterocycles. The smallest absolute Gasteiger partial charge is 0.308 e. The van der Waals surface area contributed by atoms with Gasteiger partial charge in [0.25, 0.3) is 5.91 Å². The number of carboxylic acids is 1. The third kappa shape index (κ3) is 3.51. The summed E-state index contributed by atoms with van der Waals surface area (Å²) in [4.78, 5) is 24.9. The summed E-state index contributed by atoms with van der Waals surface area (Å²) in [5.41, 5.74) is 0.206. The SMILES string of the molecule is COc1ccc(C(=O)N(C[C@H](C)C(=O)O)C2CC2)cc1F. The van der Waals surface area contributed by atoms with Gasteiger partial charge < -0.3 is 14.7 Å². The van der Waals surface area contributed by atoms with Crippen molar-refractivity contribution in [1.82, 2.24) is 4.90 Å². The molecule has 0 aromatic heterocycles. The van der Waals surface area contributed by atoms with Gasteiger partial charge in [-0.2, -0.15) is 0 Å². The molecule has 1 aliphatic rings. The lowest BCUT2D eigenvalue weighted by atomic mass is 10.1. The third-order valence-corrected chi connectivity index (χ3v) is 3.54. The molecule has 114 valence electrons. The maximum Gasteiger partial charge on any atom is 0.308 e. The summed E-state index contributed by atoms with van der Waals surface area (Å²) in [7, 11) is 1.35. The van der Waals surface area contributed by atoms with Crippen molar-refractivity contribution in [2.24, 2.45) is 5.92 Å². The topological polar surface area (TPSA) is 66.8 Å². The van der Waals surface area contributed by atoms with Crippen LogP contribution < -0.4 is 4.74 Å². The lowest BCUT2D eigenvalue weighted by molar-refractivity contribution is -0.141. The summed E-state index contributed by atoms with van der Waals surface area (Å²) >= 11 is 0. The average Bonchev–Trinajstić information content (AvgIpc) is 3.28. The number of carboxylic acid groups (broad SMARTS) is 1. The minimum atomic E-state index is -0.950. The second kappa shape index (κ2) is 6.11. The molecule has 1 fully saturated rings. The molecule has 6 heteroatoms. The van der Waals surface area contributed by atoms with Crippen LogP contribution >= 0.6 is 0 Å². The van der Waals surface area contributed by atoms with Crippen molar-refractivity contribution in [3.63, 3.8) is 0 Å². The van der Waals surface area contributed by atoms with Crippen molar-refractivity contribution in [3.8, 4) is 5.75 Å². The van der Waals surface area contributed by atoms with Gasteiger partial charge >= 0.3 is 5.97 Å². The molecule has 0 bridgehead atoms. The van der Waals surface area contributed by atoms with Crippen molar-refractivity contribution < 1.29 is 23.8 Å². The standard InChI is InChI=1S/C15H18FNO4/c1-9(15(19)20)8-17(11-4-5-11)14(18)10-3-6-13(21-2)12(16)7-10/h3,6-7,9,11H,4-5,8H2,1-2H3,(H,19,20)/t9-/m0/s1. The Morgan fingerprint density at radius 1 is 1.48 bits per heavy atom. The zero-order chi connectivity index (χ0) is 15.6. The number of aliphatic carboxylic acids is 1. The van der Waals surface area contributed by atoms with Crippen molar-refractivity contribution in [3.05, 3.63) is 29.6 Å². The van der Waals surface area contributed by atoms with Gasteiger partial charge in [0.05, 0.1) is 13.0 Å². The summed E-state index contributed by atoms with van der Waals surface area (Å²) in [6.07, 6.45) is 1.72. The number of ether oxygens (including phenoxy) is 1. The minimum absolute atomic E-state index is 0.0597. The summed E-state index contributed by atoms with van der Waals surface area (Å²) < 4.78 is 18.5. The van der Waals surface area contributed by atoms with E-state index in [0.717, 1.165) is 18.9 Å². The van der Waals surface area contributed by atoms with Crippen molar-refractivity contribution in [1.29, 1.82) is 0 Å². The first-order valence-electron chi connectivity index (χ1n) is 6.81. The fourth-order valence-corrected chi connectivity index (χ4v) is 2.12. The second-order valence-electron chi connectivity index (χ2n) is 5.28. The molecule has 1 aliphatic carbocycles. The van der Waals surface area contributed by atoms with E-state index in [4.69, 9.17) is 9.84 Å². The molecular weight excluding hydrogens is 277 g/mol. The monoisotopic (exact) mass is 295 g/mol. The molecular formula is C15H18FNO4. The Labute approximate surface area is 122 Å². The lowest BCUT2D eigenvalue weighted by Crippen LogP contribution is -2.38. The van der Waals surface area contributed by atoms with Crippen LogP contribution in [-0.4, -0.2) is 41.6 Å². The molecule has 2 rings (SSSR count). The highest BCUT2D eigenvalue weighted by atomic mass is 19.1. The molecule has 0 unspecified atom stereocenters. The van der Waals surface area contributed by atoms with E-state index < -0.39 is 17.7 Å². The zero-order valence-electron chi connectivity index (χ0n) is 12.0. The van der Waals surface area contributed by atoms with E-state index in [9.17, 15) is 14.0 Å². The first kappa shape index (κ1) is 15.3. The van der Waals surface area contributed by atoms with Crippen LogP contribution in [0.15, 0.2) is 18.2 Å². The summed E-state index contributed by atoms with van der Waals surface area (Å²) in [6, 6.07) is 4.07. The van der Waals surface area contributed by atoms with Crippen molar-refractivity contribution in [2.75, 3.05) is 13.7 Å². The van der Waals surface area contributed by atoms with E-state index in [1.807, 2.05) is 0 Å². The number of carbonyl (C=O) groups is 2. The molecule has 1 N–H and O–H groups in total. The fraction of sp³-hybridized carbons (Fsp3) is 0.467. The molecule has 0 aliphatic heterocycles. The van der Waals surface area contributed by atoms with Crippen molar-refractivity contribution >= 4 is 11.9 Å². The lowest BCUT2D eigenvalue weighted by Gasteiger charge is -2.24. The van der Waals surface area contributed by atoms with Gasteiger partial charge in [-0.15, -0.1) is 0 Å². The van der Waals surface area contributed by atoms with Crippen LogP contribution in [0, 0.1) is 11.7 Å². The predicted molar refractivity (Wildman–Crippen MR) is 73.8 cm³/mol. The Bertz CT molecular complexity index is 557. The van der Waals surface area contributed by atoms with E-state index in [0.29, 0.717) is 0 Å². The van der Waals surface area contributed by atoms with Gasteiger partial charge in [0.15, 0.2) is 11.6 Å². The largest absolute Gasteiger partial charge is 0.494 e. The number of rotatable bonds is 6. The van der Waals surface area contributed by atoms with Gasteiger partial charge in [0, 0.05) is 18.2 Å². The molecule has 1 atom stereocenters. The van der Waals surface area contributed by atoms with Gasteiger partial charge in [0.2, 0.25) is 0 Å². The summed E-state index contributed by atoms with van der Waals surface area (Å²) in [5, 5.41) is 8.98. The van der Waals surface area contributed by atoms with E-state index in [1.54, 1.807) is 6.92 Å². The molecule has 0 radical (unpaired) electrons. The van der Waals surface area contributed by atoms with Crippen LogP contribution in [0.25, 0.3) is 0 Å². The molecule has 21 heavy (non-hydrogen) atoms. The normalized spacial score (nSPS) is 15.4. The summed E-state index contributed by atoms with van der Waals surface area (Å²) in [5.74, 6) is -2.48. The number of halogens is 1. The Morgan fingerprint density at radius 2 is 2.14 bits per heavy atom. The Hall–Kier alpha value is -2.11. The van der Waals surface area contributed by atoms with E-state index in [-0.39, 0.29) is 29.8 Å². The number of hydrogen-bond acceptors (Lipinski definition) is 3. The van der Waals surface area contributed by atoms with Crippen molar-refractivity contribution in [2.45, 2.75) is 25.8 Å². The Kier molecular flexibility index (Phi) is 4.45. The summed E-state index contributed by atoms with van der Waals surface area (Å²) in [6.45, 7) is 1.69. The highest BCUT2D eigenvalue weighted by Gasteiger charge is 2.35. The molecule has 1 amide bonds. The number of hydrogen-bond donors (Lipinski definition) is 1.